The van der Waals surface area contributed by atoms with Crippen molar-refractivity contribution in [1.82, 2.24) is 4.90 Å². The predicted octanol–water partition coefficient (Wildman–Crippen LogP) is 4.41. The number of carbonyl (C=O) groups excluding carboxylic acids is 1. The standard InChI is InChI=1S/C18H18ClNOS/c19-16-7-3-4-8-17(16)22-12-10-18(21)20-11-9-14-5-1-2-6-15(14)13-20/h1-8H,9-13H2. The minimum absolute atomic E-state index is 0.231. The molecule has 1 aliphatic rings. The zero-order valence-corrected chi connectivity index (χ0v) is 13.9. The largest absolute Gasteiger partial charge is 0.338 e. The van der Waals surface area contributed by atoms with Crippen molar-refractivity contribution in [2.75, 3.05) is 12.3 Å². The van der Waals surface area contributed by atoms with Gasteiger partial charge in [-0.2, -0.15) is 0 Å². The summed E-state index contributed by atoms with van der Waals surface area (Å²) in [4.78, 5) is 15.4. The molecule has 0 N–H and O–H groups in total. The molecule has 0 bridgehead atoms. The van der Waals surface area contributed by atoms with Crippen molar-refractivity contribution in [3.05, 3.63) is 64.7 Å². The summed E-state index contributed by atoms with van der Waals surface area (Å²) in [6.07, 6.45) is 1.51. The van der Waals surface area contributed by atoms with E-state index in [1.165, 1.54) is 11.1 Å². The first-order valence-corrected chi connectivity index (χ1v) is 8.82. The van der Waals surface area contributed by atoms with Crippen molar-refractivity contribution < 1.29 is 4.79 Å². The molecule has 0 saturated carbocycles. The Balaban J connectivity index is 1.52. The SMILES string of the molecule is O=C(CCSc1ccccc1Cl)N1CCc2ccccc2C1. The van der Waals surface area contributed by atoms with Crippen molar-refractivity contribution >= 4 is 29.3 Å². The Morgan fingerprint density at radius 2 is 1.82 bits per heavy atom. The Bertz CT molecular complexity index is 674. The molecule has 22 heavy (non-hydrogen) atoms. The summed E-state index contributed by atoms with van der Waals surface area (Å²) in [5.41, 5.74) is 2.65. The summed E-state index contributed by atoms with van der Waals surface area (Å²) in [5, 5.41) is 0.756. The first-order chi connectivity index (χ1) is 10.7. The van der Waals surface area contributed by atoms with Crippen LogP contribution in [-0.2, 0) is 17.8 Å². The summed E-state index contributed by atoms with van der Waals surface area (Å²) >= 11 is 7.77. The zero-order chi connectivity index (χ0) is 15.4. The number of rotatable bonds is 4. The smallest absolute Gasteiger partial charge is 0.223 e. The second kappa shape index (κ2) is 7.21. The van der Waals surface area contributed by atoms with Gasteiger partial charge >= 0.3 is 0 Å². The number of carbonyl (C=O) groups is 1. The highest BCUT2D eigenvalue weighted by molar-refractivity contribution is 7.99. The van der Waals surface area contributed by atoms with Crippen LogP contribution in [0, 0.1) is 0 Å². The fourth-order valence-electron chi connectivity index (χ4n) is 2.68. The summed E-state index contributed by atoms with van der Waals surface area (Å²) in [5.74, 6) is 0.995. The van der Waals surface area contributed by atoms with Crippen molar-refractivity contribution in [1.29, 1.82) is 0 Å². The van der Waals surface area contributed by atoms with Gasteiger partial charge in [0.1, 0.15) is 0 Å². The molecule has 0 saturated heterocycles. The minimum Gasteiger partial charge on any atom is -0.338 e. The van der Waals surface area contributed by atoms with Crippen molar-refractivity contribution in [3.63, 3.8) is 0 Å². The third-order valence-corrected chi connectivity index (χ3v) is 5.41. The second-order valence-electron chi connectivity index (χ2n) is 5.36. The van der Waals surface area contributed by atoms with Gasteiger partial charge in [-0.15, -0.1) is 11.8 Å². The van der Waals surface area contributed by atoms with E-state index in [1.54, 1.807) is 11.8 Å². The number of hydrogen-bond acceptors (Lipinski definition) is 2. The number of halogens is 1. The van der Waals surface area contributed by atoms with Crippen LogP contribution >= 0.6 is 23.4 Å². The highest BCUT2D eigenvalue weighted by Gasteiger charge is 2.19. The summed E-state index contributed by atoms with van der Waals surface area (Å²) in [6, 6.07) is 16.1. The van der Waals surface area contributed by atoms with Crippen molar-refractivity contribution in [2.45, 2.75) is 24.3 Å². The summed E-state index contributed by atoms with van der Waals surface area (Å²) in [7, 11) is 0. The van der Waals surface area contributed by atoms with Crippen LogP contribution in [0.3, 0.4) is 0 Å². The molecular weight excluding hydrogens is 314 g/mol. The molecule has 0 unspecified atom stereocenters. The van der Waals surface area contributed by atoms with Crippen LogP contribution in [0.25, 0.3) is 0 Å². The zero-order valence-electron chi connectivity index (χ0n) is 12.3. The number of hydrogen-bond donors (Lipinski definition) is 0. The molecule has 0 radical (unpaired) electrons. The molecule has 2 aromatic rings. The van der Waals surface area contributed by atoms with Gasteiger partial charge in [-0.25, -0.2) is 0 Å². The maximum Gasteiger partial charge on any atom is 0.223 e. The van der Waals surface area contributed by atoms with Crippen molar-refractivity contribution in [2.24, 2.45) is 0 Å². The lowest BCUT2D eigenvalue weighted by atomic mass is 10.00. The monoisotopic (exact) mass is 331 g/mol. The van der Waals surface area contributed by atoms with E-state index in [-0.39, 0.29) is 5.91 Å². The molecule has 1 aliphatic heterocycles. The van der Waals surface area contributed by atoms with Crippen LogP contribution < -0.4 is 0 Å². The highest BCUT2D eigenvalue weighted by atomic mass is 35.5. The minimum atomic E-state index is 0.231. The molecule has 0 spiro atoms. The molecule has 2 aromatic carbocycles. The number of fused-ring (bicyclic) bond motifs is 1. The van der Waals surface area contributed by atoms with Crippen LogP contribution in [0.4, 0.5) is 0 Å². The maximum atomic E-state index is 12.4. The first-order valence-electron chi connectivity index (χ1n) is 7.46. The third kappa shape index (κ3) is 3.65. The van der Waals surface area contributed by atoms with E-state index in [2.05, 4.69) is 18.2 Å². The topological polar surface area (TPSA) is 20.3 Å². The summed E-state index contributed by atoms with van der Waals surface area (Å²) < 4.78 is 0. The fourth-order valence-corrected chi connectivity index (χ4v) is 3.85. The van der Waals surface area contributed by atoms with E-state index in [1.807, 2.05) is 35.2 Å². The van der Waals surface area contributed by atoms with Gasteiger partial charge in [-0.1, -0.05) is 48.0 Å². The van der Waals surface area contributed by atoms with E-state index in [4.69, 9.17) is 11.6 Å². The van der Waals surface area contributed by atoms with Crippen LogP contribution in [-0.4, -0.2) is 23.1 Å². The molecule has 0 atom stereocenters. The van der Waals surface area contributed by atoms with Gasteiger partial charge in [0.15, 0.2) is 0 Å². The van der Waals surface area contributed by atoms with Crippen LogP contribution in [0.1, 0.15) is 17.5 Å². The Labute approximate surface area is 140 Å². The van der Waals surface area contributed by atoms with Gasteiger partial charge in [-0.05, 0) is 29.7 Å². The Morgan fingerprint density at radius 1 is 1.09 bits per heavy atom. The molecule has 1 amide bonds. The van der Waals surface area contributed by atoms with Gasteiger partial charge < -0.3 is 4.90 Å². The van der Waals surface area contributed by atoms with E-state index in [0.717, 1.165) is 35.2 Å². The van der Waals surface area contributed by atoms with Crippen molar-refractivity contribution in [3.8, 4) is 0 Å². The lowest BCUT2D eigenvalue weighted by Gasteiger charge is -2.29. The predicted molar refractivity (Wildman–Crippen MR) is 92.4 cm³/mol. The first kappa shape index (κ1) is 15.4. The lowest BCUT2D eigenvalue weighted by molar-refractivity contribution is -0.131. The van der Waals surface area contributed by atoms with Crippen LogP contribution in [0.5, 0.6) is 0 Å². The summed E-state index contributed by atoms with van der Waals surface area (Å²) in [6.45, 7) is 1.57. The van der Waals surface area contributed by atoms with Crippen LogP contribution in [0.2, 0.25) is 5.02 Å². The van der Waals surface area contributed by atoms with E-state index >= 15 is 0 Å². The quantitative estimate of drug-likeness (QED) is 0.774. The normalized spacial score (nSPS) is 13.8. The third-order valence-electron chi connectivity index (χ3n) is 3.89. The average molecular weight is 332 g/mol. The van der Waals surface area contributed by atoms with Gasteiger partial charge in [-0.3, -0.25) is 4.79 Å². The fraction of sp³-hybridized carbons (Fsp3) is 0.278. The Hall–Kier alpha value is -1.45. The molecular formula is C18H18ClNOS. The highest BCUT2D eigenvalue weighted by Crippen LogP contribution is 2.27. The molecule has 2 nitrogen and oxygen atoms in total. The molecule has 4 heteroatoms. The number of nitrogens with zero attached hydrogens (tertiary/aromatic N) is 1. The van der Waals surface area contributed by atoms with E-state index in [0.29, 0.717) is 6.42 Å². The molecule has 3 rings (SSSR count). The molecule has 0 aliphatic carbocycles. The van der Waals surface area contributed by atoms with Gasteiger partial charge in [0, 0.05) is 30.2 Å². The maximum absolute atomic E-state index is 12.4. The Kier molecular flexibility index (Phi) is 5.06. The van der Waals surface area contributed by atoms with Gasteiger partial charge in [0.25, 0.3) is 0 Å². The number of thioether (sulfide) groups is 1. The van der Waals surface area contributed by atoms with Crippen LogP contribution in [0.15, 0.2) is 53.4 Å². The second-order valence-corrected chi connectivity index (χ2v) is 6.91. The lowest BCUT2D eigenvalue weighted by Crippen LogP contribution is -2.36. The molecule has 0 fully saturated rings. The molecule has 0 aromatic heterocycles. The molecule has 1 heterocycles. The van der Waals surface area contributed by atoms with E-state index in [9.17, 15) is 4.79 Å². The number of amides is 1. The Morgan fingerprint density at radius 3 is 2.64 bits per heavy atom. The number of benzene rings is 2. The molecule has 114 valence electrons. The van der Waals surface area contributed by atoms with Gasteiger partial charge in [0.05, 0.1) is 5.02 Å². The van der Waals surface area contributed by atoms with E-state index < -0.39 is 0 Å². The van der Waals surface area contributed by atoms with Gasteiger partial charge in [0.2, 0.25) is 5.91 Å². The average Bonchev–Trinajstić information content (AvgIpc) is 2.56.